The summed E-state index contributed by atoms with van der Waals surface area (Å²) in [6.45, 7) is 1.56. The van der Waals surface area contributed by atoms with Crippen LogP contribution in [0.4, 0.5) is 19.1 Å². The highest BCUT2D eigenvalue weighted by Gasteiger charge is 2.31. The van der Waals surface area contributed by atoms with Gasteiger partial charge in [-0.2, -0.15) is 13.2 Å². The van der Waals surface area contributed by atoms with Crippen LogP contribution in [0, 0.1) is 0 Å². The van der Waals surface area contributed by atoms with Gasteiger partial charge in [0.2, 0.25) is 5.95 Å². The SMILES string of the molecule is CC(=O)c1ccc(C(=O)Nc2nc3cc(C(F)(F)F)ccc3n2Cc2ccco2)s1. The van der Waals surface area contributed by atoms with Crippen molar-refractivity contribution in [2.45, 2.75) is 19.6 Å². The summed E-state index contributed by atoms with van der Waals surface area (Å²) < 4.78 is 46.1. The Morgan fingerprint density at radius 1 is 1.17 bits per heavy atom. The molecule has 154 valence electrons. The third-order valence-electron chi connectivity index (χ3n) is 4.37. The number of nitrogens with one attached hydrogen (secondary N) is 1. The predicted octanol–water partition coefficient (Wildman–Crippen LogP) is 5.21. The number of Topliss-reactive ketones (excluding diaryl/α,β-unsaturated/α-hetero) is 1. The van der Waals surface area contributed by atoms with Crippen LogP contribution in [0.25, 0.3) is 11.0 Å². The van der Waals surface area contributed by atoms with E-state index in [1.165, 1.54) is 25.3 Å². The molecule has 3 heterocycles. The molecule has 6 nitrogen and oxygen atoms in total. The minimum atomic E-state index is -4.51. The van der Waals surface area contributed by atoms with Crippen LogP contribution in [0.3, 0.4) is 0 Å². The lowest BCUT2D eigenvalue weighted by Gasteiger charge is -2.09. The Balaban J connectivity index is 1.74. The van der Waals surface area contributed by atoms with E-state index < -0.39 is 17.6 Å². The third kappa shape index (κ3) is 3.86. The van der Waals surface area contributed by atoms with E-state index in [0.717, 1.165) is 23.5 Å². The first-order valence-corrected chi connectivity index (χ1v) is 9.56. The molecule has 30 heavy (non-hydrogen) atoms. The number of furan rings is 1. The summed E-state index contributed by atoms with van der Waals surface area (Å²) in [6.07, 6.45) is -3.04. The molecular weight excluding hydrogens is 419 g/mol. The number of anilines is 1. The zero-order chi connectivity index (χ0) is 21.5. The van der Waals surface area contributed by atoms with Crippen LogP contribution in [0.2, 0.25) is 0 Å². The molecule has 0 atom stereocenters. The second-order valence-electron chi connectivity index (χ2n) is 6.48. The molecule has 0 saturated heterocycles. The maximum Gasteiger partial charge on any atom is 0.416 e. The van der Waals surface area contributed by atoms with Gasteiger partial charge in [-0.05, 0) is 49.4 Å². The number of amides is 1. The molecular formula is C20H14F3N3O3S. The Labute approximate surface area is 171 Å². The first-order valence-electron chi connectivity index (χ1n) is 8.74. The topological polar surface area (TPSA) is 77.1 Å². The molecule has 4 rings (SSSR count). The number of aromatic nitrogens is 2. The molecule has 1 aromatic carbocycles. The fourth-order valence-corrected chi connectivity index (χ4v) is 3.73. The van der Waals surface area contributed by atoms with Gasteiger partial charge in [0.1, 0.15) is 5.76 Å². The minimum absolute atomic E-state index is 0.0727. The molecule has 0 spiro atoms. The van der Waals surface area contributed by atoms with Gasteiger partial charge in [0.15, 0.2) is 5.78 Å². The molecule has 10 heteroatoms. The second-order valence-corrected chi connectivity index (χ2v) is 7.56. The summed E-state index contributed by atoms with van der Waals surface area (Å²) in [5, 5.41) is 2.63. The monoisotopic (exact) mass is 433 g/mol. The number of carbonyl (C=O) groups is 2. The molecule has 4 aromatic rings. The molecule has 0 aliphatic heterocycles. The first-order chi connectivity index (χ1) is 14.2. The van der Waals surface area contributed by atoms with Gasteiger partial charge in [-0.1, -0.05) is 0 Å². The number of imidazole rings is 1. The number of hydrogen-bond donors (Lipinski definition) is 1. The van der Waals surface area contributed by atoms with Crippen LogP contribution >= 0.6 is 11.3 Å². The van der Waals surface area contributed by atoms with Crippen LogP contribution < -0.4 is 5.32 Å². The van der Waals surface area contributed by atoms with Crippen LogP contribution in [0.1, 0.15) is 37.6 Å². The molecule has 0 unspecified atom stereocenters. The highest BCUT2D eigenvalue weighted by Crippen LogP contribution is 2.32. The molecule has 1 N–H and O–H groups in total. The smallest absolute Gasteiger partial charge is 0.416 e. The first kappa shape index (κ1) is 19.9. The third-order valence-corrected chi connectivity index (χ3v) is 5.56. The number of hydrogen-bond acceptors (Lipinski definition) is 5. The lowest BCUT2D eigenvalue weighted by atomic mass is 10.2. The molecule has 0 radical (unpaired) electrons. The molecule has 3 aromatic heterocycles. The van der Waals surface area contributed by atoms with Crippen molar-refractivity contribution in [2.24, 2.45) is 0 Å². The van der Waals surface area contributed by atoms with E-state index in [1.54, 1.807) is 22.8 Å². The number of thiophene rings is 1. The fourth-order valence-electron chi connectivity index (χ4n) is 2.93. The van der Waals surface area contributed by atoms with Gasteiger partial charge in [0.25, 0.3) is 5.91 Å². The molecule has 0 bridgehead atoms. The highest BCUT2D eigenvalue weighted by atomic mass is 32.1. The molecule has 0 aliphatic rings. The number of alkyl halides is 3. The maximum absolute atomic E-state index is 13.1. The van der Waals surface area contributed by atoms with Gasteiger partial charge >= 0.3 is 6.18 Å². The average Bonchev–Trinajstić information content (AvgIpc) is 3.41. The van der Waals surface area contributed by atoms with Crippen molar-refractivity contribution in [3.63, 3.8) is 0 Å². The number of ketones is 1. The van der Waals surface area contributed by atoms with Crippen LogP contribution in [-0.4, -0.2) is 21.2 Å². The molecule has 0 saturated carbocycles. The van der Waals surface area contributed by atoms with E-state index in [2.05, 4.69) is 10.3 Å². The summed E-state index contributed by atoms with van der Waals surface area (Å²) in [6, 6.07) is 9.66. The van der Waals surface area contributed by atoms with Crippen molar-refractivity contribution in [1.29, 1.82) is 0 Å². The van der Waals surface area contributed by atoms with Gasteiger partial charge in [0, 0.05) is 0 Å². The average molecular weight is 433 g/mol. The highest BCUT2D eigenvalue weighted by molar-refractivity contribution is 7.16. The standard InChI is InChI=1S/C20H14F3N3O3S/c1-11(27)16-6-7-17(30-16)18(28)25-19-24-14-9-12(20(21,22)23)4-5-15(14)26(19)10-13-3-2-8-29-13/h2-9H,10H2,1H3,(H,24,25,28). The van der Waals surface area contributed by atoms with Crippen LogP contribution in [0.5, 0.6) is 0 Å². The Hall–Kier alpha value is -3.40. The van der Waals surface area contributed by atoms with Crippen molar-refractivity contribution < 1.29 is 27.2 Å². The summed E-state index contributed by atoms with van der Waals surface area (Å²) in [7, 11) is 0. The van der Waals surface area contributed by atoms with E-state index >= 15 is 0 Å². The number of carbonyl (C=O) groups excluding carboxylic acids is 2. The lowest BCUT2D eigenvalue weighted by Crippen LogP contribution is -2.15. The van der Waals surface area contributed by atoms with Gasteiger partial charge in [-0.25, -0.2) is 4.98 Å². The second kappa shape index (κ2) is 7.45. The van der Waals surface area contributed by atoms with E-state index in [0.29, 0.717) is 16.2 Å². The Kier molecular flexibility index (Phi) is 4.94. The van der Waals surface area contributed by atoms with Crippen molar-refractivity contribution in [2.75, 3.05) is 5.32 Å². The zero-order valence-electron chi connectivity index (χ0n) is 15.5. The molecule has 1 amide bonds. The summed E-state index contributed by atoms with van der Waals surface area (Å²) >= 11 is 1.03. The van der Waals surface area contributed by atoms with Crippen LogP contribution in [0.15, 0.2) is 53.1 Å². The van der Waals surface area contributed by atoms with E-state index in [4.69, 9.17) is 4.42 Å². The maximum atomic E-state index is 13.1. The van der Waals surface area contributed by atoms with Gasteiger partial charge in [-0.15, -0.1) is 11.3 Å². The quantitative estimate of drug-likeness (QED) is 0.438. The number of halogens is 3. The minimum Gasteiger partial charge on any atom is -0.467 e. The Morgan fingerprint density at radius 2 is 1.93 bits per heavy atom. The number of fused-ring (bicyclic) bond motifs is 1. The Morgan fingerprint density at radius 3 is 2.57 bits per heavy atom. The molecule has 0 aliphatic carbocycles. The predicted molar refractivity (Wildman–Crippen MR) is 105 cm³/mol. The largest absolute Gasteiger partial charge is 0.467 e. The Bertz CT molecular complexity index is 1240. The zero-order valence-corrected chi connectivity index (χ0v) is 16.3. The summed E-state index contributed by atoms with van der Waals surface area (Å²) in [5.74, 6) is -0.0634. The summed E-state index contributed by atoms with van der Waals surface area (Å²) in [4.78, 5) is 29.0. The lowest BCUT2D eigenvalue weighted by molar-refractivity contribution is -0.137. The van der Waals surface area contributed by atoms with Gasteiger partial charge < -0.3 is 8.98 Å². The normalized spacial score (nSPS) is 11.7. The van der Waals surface area contributed by atoms with Gasteiger partial charge in [0.05, 0.1) is 39.2 Å². The van der Waals surface area contributed by atoms with Crippen molar-refractivity contribution in [3.8, 4) is 0 Å². The van der Waals surface area contributed by atoms with E-state index in [-0.39, 0.29) is 28.7 Å². The van der Waals surface area contributed by atoms with Crippen molar-refractivity contribution in [1.82, 2.24) is 9.55 Å². The van der Waals surface area contributed by atoms with Crippen molar-refractivity contribution in [3.05, 3.63) is 69.8 Å². The molecule has 0 fully saturated rings. The number of nitrogens with zero attached hydrogens (tertiary/aromatic N) is 2. The number of rotatable bonds is 5. The van der Waals surface area contributed by atoms with E-state index in [9.17, 15) is 22.8 Å². The fraction of sp³-hybridized carbons (Fsp3) is 0.150. The van der Waals surface area contributed by atoms with E-state index in [1.807, 2.05) is 0 Å². The number of benzene rings is 1. The summed E-state index contributed by atoms with van der Waals surface area (Å²) in [5.41, 5.74) is -0.340. The van der Waals surface area contributed by atoms with Crippen molar-refractivity contribution >= 4 is 40.0 Å². The van der Waals surface area contributed by atoms with Gasteiger partial charge in [-0.3, -0.25) is 14.9 Å². The van der Waals surface area contributed by atoms with Crippen LogP contribution in [-0.2, 0) is 12.7 Å².